The molecule has 9 heteroatoms. The molecule has 0 aromatic heterocycles. The lowest BCUT2D eigenvalue weighted by Gasteiger charge is -2.33. The second-order valence-corrected chi connectivity index (χ2v) is 10.3. The third-order valence-electron chi connectivity index (χ3n) is 6.01. The van der Waals surface area contributed by atoms with E-state index in [9.17, 15) is 8.78 Å². The zero-order valence-corrected chi connectivity index (χ0v) is 23.1. The summed E-state index contributed by atoms with van der Waals surface area (Å²) in [5.41, 5.74) is 3.65. The molecular formula is C27H37F2N5S2. The SMILES string of the molecule is CC.CSN1CCN(CCCSN(Cc2ccc(C3=NN=C(C(F)F)C3)cc2)c2ccccc2)CC1. The second kappa shape index (κ2) is 15.3. The van der Waals surface area contributed by atoms with Gasteiger partial charge in [-0.3, -0.25) is 0 Å². The first-order valence-electron chi connectivity index (χ1n) is 12.6. The van der Waals surface area contributed by atoms with Gasteiger partial charge in [0.05, 0.1) is 12.3 Å². The van der Waals surface area contributed by atoms with Gasteiger partial charge in [0.2, 0.25) is 0 Å². The third-order valence-corrected chi connectivity index (χ3v) is 8.02. The highest BCUT2D eigenvalue weighted by molar-refractivity contribution is 8.00. The Hall–Kier alpha value is -1.94. The quantitative estimate of drug-likeness (QED) is 0.244. The summed E-state index contributed by atoms with van der Waals surface area (Å²) in [7, 11) is 0. The van der Waals surface area contributed by atoms with Crippen molar-refractivity contribution in [3.8, 4) is 0 Å². The average molecular weight is 534 g/mol. The minimum Gasteiger partial charge on any atom is -0.312 e. The van der Waals surface area contributed by atoms with Crippen LogP contribution in [-0.2, 0) is 6.54 Å². The topological polar surface area (TPSA) is 34.4 Å². The number of benzene rings is 2. The van der Waals surface area contributed by atoms with Crippen molar-refractivity contribution in [2.24, 2.45) is 10.2 Å². The number of halogens is 2. The molecule has 2 aliphatic heterocycles. The van der Waals surface area contributed by atoms with Gasteiger partial charge in [-0.25, -0.2) is 13.1 Å². The number of alkyl halides is 2. The fraction of sp³-hybridized carbons (Fsp3) is 0.481. The van der Waals surface area contributed by atoms with Gasteiger partial charge in [0.1, 0.15) is 5.71 Å². The molecule has 4 rings (SSSR count). The van der Waals surface area contributed by atoms with Gasteiger partial charge in [0.25, 0.3) is 6.43 Å². The van der Waals surface area contributed by atoms with Crippen LogP contribution in [0.5, 0.6) is 0 Å². The van der Waals surface area contributed by atoms with Crippen molar-refractivity contribution in [1.29, 1.82) is 0 Å². The molecule has 36 heavy (non-hydrogen) atoms. The Morgan fingerprint density at radius 3 is 2.25 bits per heavy atom. The normalized spacial score (nSPS) is 16.4. The fourth-order valence-corrected chi connectivity index (χ4v) is 5.54. The van der Waals surface area contributed by atoms with Crippen LogP contribution in [0, 0.1) is 0 Å². The molecule has 0 bridgehead atoms. The van der Waals surface area contributed by atoms with Gasteiger partial charge in [-0.1, -0.05) is 68.3 Å². The summed E-state index contributed by atoms with van der Waals surface area (Å²) in [5.74, 6) is 1.06. The molecule has 2 aromatic rings. The Morgan fingerprint density at radius 2 is 1.64 bits per heavy atom. The average Bonchev–Trinajstić information content (AvgIpc) is 3.44. The molecule has 5 nitrogen and oxygen atoms in total. The van der Waals surface area contributed by atoms with Crippen molar-refractivity contribution in [3.05, 3.63) is 65.7 Å². The van der Waals surface area contributed by atoms with Crippen LogP contribution in [0.15, 0.2) is 64.8 Å². The minimum absolute atomic E-state index is 0.120. The van der Waals surface area contributed by atoms with E-state index < -0.39 is 6.43 Å². The summed E-state index contributed by atoms with van der Waals surface area (Å²) >= 11 is 3.70. The molecule has 0 amide bonds. The second-order valence-electron chi connectivity index (χ2n) is 8.32. The first-order chi connectivity index (χ1) is 17.6. The van der Waals surface area contributed by atoms with Crippen LogP contribution in [0.1, 0.15) is 37.8 Å². The summed E-state index contributed by atoms with van der Waals surface area (Å²) in [5, 5.41) is 7.57. The summed E-state index contributed by atoms with van der Waals surface area (Å²) < 4.78 is 30.5. The first kappa shape index (κ1) is 28.6. The molecule has 2 heterocycles. The van der Waals surface area contributed by atoms with Crippen LogP contribution in [0.25, 0.3) is 0 Å². The Bertz CT molecular complexity index is 962. The van der Waals surface area contributed by atoms with E-state index in [0.29, 0.717) is 5.71 Å². The number of hydrogen-bond donors (Lipinski definition) is 0. The molecule has 2 aliphatic rings. The first-order valence-corrected chi connectivity index (χ1v) is 14.7. The molecule has 0 unspecified atom stereocenters. The number of anilines is 1. The summed E-state index contributed by atoms with van der Waals surface area (Å²) in [6.07, 6.45) is 0.878. The number of piperazine rings is 1. The molecule has 1 fully saturated rings. The molecule has 0 radical (unpaired) electrons. The van der Waals surface area contributed by atoms with Gasteiger partial charge in [0.15, 0.2) is 0 Å². The predicted molar refractivity (Wildman–Crippen MR) is 154 cm³/mol. The highest BCUT2D eigenvalue weighted by atomic mass is 32.2. The lowest BCUT2D eigenvalue weighted by molar-refractivity contribution is 0.197. The number of hydrogen-bond acceptors (Lipinski definition) is 7. The van der Waals surface area contributed by atoms with Crippen LogP contribution in [-0.4, -0.2) is 71.8 Å². The maximum absolute atomic E-state index is 12.8. The van der Waals surface area contributed by atoms with E-state index in [1.165, 1.54) is 11.3 Å². The maximum Gasteiger partial charge on any atom is 0.278 e. The van der Waals surface area contributed by atoms with E-state index >= 15 is 0 Å². The largest absolute Gasteiger partial charge is 0.312 e. The van der Waals surface area contributed by atoms with Gasteiger partial charge >= 0.3 is 0 Å². The van der Waals surface area contributed by atoms with Crippen LogP contribution in [0.4, 0.5) is 14.5 Å². The molecular weight excluding hydrogens is 496 g/mol. The van der Waals surface area contributed by atoms with Gasteiger partial charge < -0.3 is 9.21 Å². The fourth-order valence-electron chi connectivity index (χ4n) is 4.02. The lowest BCUT2D eigenvalue weighted by atomic mass is 10.0. The van der Waals surface area contributed by atoms with E-state index in [2.05, 4.69) is 66.4 Å². The molecule has 0 spiro atoms. The van der Waals surface area contributed by atoms with Crippen LogP contribution in [0.3, 0.4) is 0 Å². The van der Waals surface area contributed by atoms with Crippen LogP contribution < -0.4 is 4.31 Å². The predicted octanol–water partition coefficient (Wildman–Crippen LogP) is 6.47. The summed E-state index contributed by atoms with van der Waals surface area (Å²) in [6.45, 7) is 10.5. The molecule has 1 saturated heterocycles. The van der Waals surface area contributed by atoms with Gasteiger partial charge in [0, 0.05) is 44.0 Å². The van der Waals surface area contributed by atoms with Crippen LogP contribution in [0.2, 0.25) is 0 Å². The standard InChI is InChI=1S/C25H31F2N5S2.C2H6/c1-33-31-15-13-30(14-16-31)12-5-17-34-32(22-6-3-2-4-7-22)19-20-8-10-21(11-9-20)23-18-24(25(26)27)29-28-23;1-2/h2-4,6-11,25H,5,12-19H2,1H3;1-2H3. The van der Waals surface area contributed by atoms with Gasteiger partial charge in [-0.2, -0.15) is 10.2 Å². The van der Waals surface area contributed by atoms with Crippen molar-refractivity contribution < 1.29 is 8.78 Å². The van der Waals surface area contributed by atoms with Crippen molar-refractivity contribution in [1.82, 2.24) is 9.21 Å². The zero-order valence-electron chi connectivity index (χ0n) is 21.4. The molecule has 196 valence electrons. The highest BCUT2D eigenvalue weighted by Crippen LogP contribution is 2.26. The number of para-hydroxylation sites is 1. The molecule has 0 atom stereocenters. The number of rotatable bonds is 11. The number of nitrogens with zero attached hydrogens (tertiary/aromatic N) is 5. The van der Waals surface area contributed by atoms with Crippen molar-refractivity contribution in [3.63, 3.8) is 0 Å². The van der Waals surface area contributed by atoms with E-state index in [4.69, 9.17) is 0 Å². The van der Waals surface area contributed by atoms with Crippen molar-refractivity contribution in [2.45, 2.75) is 39.7 Å². The van der Waals surface area contributed by atoms with E-state index in [1.807, 2.05) is 55.9 Å². The Balaban J connectivity index is 0.00000176. The molecule has 0 saturated carbocycles. The van der Waals surface area contributed by atoms with E-state index in [-0.39, 0.29) is 12.1 Å². The minimum atomic E-state index is -2.54. The molecule has 2 aromatic carbocycles. The lowest BCUT2D eigenvalue weighted by Crippen LogP contribution is -2.43. The highest BCUT2D eigenvalue weighted by Gasteiger charge is 2.22. The smallest absolute Gasteiger partial charge is 0.278 e. The molecule has 0 N–H and O–H groups in total. The van der Waals surface area contributed by atoms with E-state index in [0.717, 1.165) is 57.0 Å². The zero-order chi connectivity index (χ0) is 25.8. The summed E-state index contributed by atoms with van der Waals surface area (Å²) in [6, 6.07) is 18.5. The van der Waals surface area contributed by atoms with Gasteiger partial charge in [-0.15, -0.1) is 0 Å². The van der Waals surface area contributed by atoms with Gasteiger partial charge in [-0.05, 0) is 54.4 Å². The van der Waals surface area contributed by atoms with Crippen molar-refractivity contribution in [2.75, 3.05) is 49.0 Å². The Labute approximate surface area is 223 Å². The summed E-state index contributed by atoms with van der Waals surface area (Å²) in [4.78, 5) is 2.56. The third kappa shape index (κ3) is 8.57. The monoisotopic (exact) mass is 533 g/mol. The molecule has 0 aliphatic carbocycles. The van der Waals surface area contributed by atoms with Crippen LogP contribution >= 0.6 is 23.9 Å². The Morgan fingerprint density at radius 1 is 0.944 bits per heavy atom. The Kier molecular flexibility index (Phi) is 12.2. The maximum atomic E-state index is 12.8. The van der Waals surface area contributed by atoms with Crippen molar-refractivity contribution >= 4 is 41.0 Å². The van der Waals surface area contributed by atoms with E-state index in [1.54, 1.807) is 0 Å².